The number of hydrogen-bond donors (Lipinski definition) is 1. The highest BCUT2D eigenvalue weighted by molar-refractivity contribution is 9.10. The molecule has 0 spiro atoms. The molecule has 0 saturated heterocycles. The zero-order chi connectivity index (χ0) is 11.1. The van der Waals surface area contributed by atoms with Gasteiger partial charge in [0.25, 0.3) is 0 Å². The molecule has 15 heavy (non-hydrogen) atoms. The third-order valence-electron chi connectivity index (χ3n) is 2.15. The Kier molecular flexibility index (Phi) is 6.37. The molecule has 0 saturated carbocycles. The molecule has 0 aliphatic heterocycles. The van der Waals surface area contributed by atoms with Gasteiger partial charge >= 0.3 is 0 Å². The molecule has 1 N–H and O–H groups in total. The Hall–Kier alpha value is 0.01000. The van der Waals surface area contributed by atoms with Crippen molar-refractivity contribution in [1.29, 1.82) is 0 Å². The molecule has 0 aliphatic rings. The van der Waals surface area contributed by atoms with E-state index in [1.165, 1.54) is 33.5 Å². The van der Waals surface area contributed by atoms with Crippen LogP contribution in [0.3, 0.4) is 0 Å². The van der Waals surface area contributed by atoms with Gasteiger partial charge in [-0.05, 0) is 36.9 Å². The van der Waals surface area contributed by atoms with Gasteiger partial charge in [0.05, 0.1) is 0 Å². The summed E-state index contributed by atoms with van der Waals surface area (Å²) >= 11 is 5.48. The molecule has 84 valence electrons. The molecule has 1 aromatic rings. The van der Waals surface area contributed by atoms with E-state index in [4.69, 9.17) is 0 Å². The first-order chi connectivity index (χ1) is 7.27. The molecule has 0 atom stereocenters. The standard InChI is InChI=1S/C12H18BrNS/c1-3-4-7-15-12-8-11(13)6-5-10(12)9-14-2/h5-6,8,14H,3-4,7,9H2,1-2H3. The van der Waals surface area contributed by atoms with Crippen molar-refractivity contribution >= 4 is 27.7 Å². The van der Waals surface area contributed by atoms with E-state index in [1.54, 1.807) is 0 Å². The van der Waals surface area contributed by atoms with Gasteiger partial charge in [-0.25, -0.2) is 0 Å². The van der Waals surface area contributed by atoms with Crippen LogP contribution in [0.2, 0.25) is 0 Å². The lowest BCUT2D eigenvalue weighted by atomic mass is 10.2. The predicted octanol–water partition coefficient (Wildman–Crippen LogP) is 4.06. The van der Waals surface area contributed by atoms with Crippen LogP contribution < -0.4 is 5.32 Å². The van der Waals surface area contributed by atoms with E-state index in [0.717, 1.165) is 6.54 Å². The minimum atomic E-state index is 0.946. The second-order valence-corrected chi connectivity index (χ2v) is 5.54. The third-order valence-corrected chi connectivity index (χ3v) is 3.83. The van der Waals surface area contributed by atoms with Crippen LogP contribution in [0.1, 0.15) is 25.3 Å². The summed E-state index contributed by atoms with van der Waals surface area (Å²) in [5, 5.41) is 3.21. The Bertz CT molecular complexity index is 302. The summed E-state index contributed by atoms with van der Waals surface area (Å²) in [6.45, 7) is 3.18. The molecule has 0 bridgehead atoms. The Balaban J connectivity index is 2.68. The SMILES string of the molecule is CCCCSc1cc(Br)ccc1CNC. The van der Waals surface area contributed by atoms with Gasteiger partial charge in [0, 0.05) is 15.9 Å². The summed E-state index contributed by atoms with van der Waals surface area (Å²) < 4.78 is 1.17. The fourth-order valence-electron chi connectivity index (χ4n) is 1.33. The van der Waals surface area contributed by atoms with Gasteiger partial charge in [-0.3, -0.25) is 0 Å². The molecule has 1 rings (SSSR count). The van der Waals surface area contributed by atoms with Gasteiger partial charge in [0.1, 0.15) is 0 Å². The normalized spacial score (nSPS) is 10.6. The second kappa shape index (κ2) is 7.31. The Morgan fingerprint density at radius 1 is 1.40 bits per heavy atom. The number of halogens is 1. The maximum atomic E-state index is 3.52. The quantitative estimate of drug-likeness (QED) is 0.626. The zero-order valence-corrected chi connectivity index (χ0v) is 11.7. The lowest BCUT2D eigenvalue weighted by Gasteiger charge is -2.09. The molecule has 1 aromatic carbocycles. The molecule has 0 heterocycles. The van der Waals surface area contributed by atoms with Crippen molar-refractivity contribution in [1.82, 2.24) is 5.32 Å². The maximum absolute atomic E-state index is 3.52. The van der Waals surface area contributed by atoms with Crippen LogP contribution in [0.25, 0.3) is 0 Å². The average Bonchev–Trinajstić information content (AvgIpc) is 2.22. The largest absolute Gasteiger partial charge is 0.316 e. The monoisotopic (exact) mass is 287 g/mol. The van der Waals surface area contributed by atoms with Crippen molar-refractivity contribution in [3.05, 3.63) is 28.2 Å². The Labute approximate surface area is 105 Å². The molecule has 0 unspecified atom stereocenters. The highest BCUT2D eigenvalue weighted by atomic mass is 79.9. The number of unbranched alkanes of at least 4 members (excludes halogenated alkanes) is 1. The van der Waals surface area contributed by atoms with Crippen LogP contribution in [0.5, 0.6) is 0 Å². The van der Waals surface area contributed by atoms with Crippen LogP contribution in [-0.2, 0) is 6.54 Å². The molecule has 0 radical (unpaired) electrons. The second-order valence-electron chi connectivity index (χ2n) is 3.48. The van der Waals surface area contributed by atoms with Crippen LogP contribution in [0, 0.1) is 0 Å². The van der Waals surface area contributed by atoms with E-state index < -0.39 is 0 Å². The van der Waals surface area contributed by atoms with E-state index in [-0.39, 0.29) is 0 Å². The average molecular weight is 288 g/mol. The molecule has 0 aromatic heterocycles. The first-order valence-electron chi connectivity index (χ1n) is 5.33. The molecular formula is C12H18BrNS. The van der Waals surface area contributed by atoms with Gasteiger partial charge in [-0.15, -0.1) is 11.8 Å². The molecule has 3 heteroatoms. The molecular weight excluding hydrogens is 270 g/mol. The fourth-order valence-corrected chi connectivity index (χ4v) is 3.03. The smallest absolute Gasteiger partial charge is 0.0213 e. The van der Waals surface area contributed by atoms with E-state index >= 15 is 0 Å². The lowest BCUT2D eigenvalue weighted by Crippen LogP contribution is -2.06. The fraction of sp³-hybridized carbons (Fsp3) is 0.500. The molecule has 0 amide bonds. The van der Waals surface area contributed by atoms with Crippen LogP contribution in [0.15, 0.2) is 27.6 Å². The zero-order valence-electron chi connectivity index (χ0n) is 9.35. The lowest BCUT2D eigenvalue weighted by molar-refractivity contribution is 0.802. The highest BCUT2D eigenvalue weighted by Gasteiger charge is 2.02. The maximum Gasteiger partial charge on any atom is 0.0213 e. The van der Waals surface area contributed by atoms with E-state index in [0.29, 0.717) is 0 Å². The van der Waals surface area contributed by atoms with E-state index in [1.807, 2.05) is 18.8 Å². The summed E-state index contributed by atoms with van der Waals surface area (Å²) in [6.07, 6.45) is 2.55. The van der Waals surface area contributed by atoms with Gasteiger partial charge in [-0.1, -0.05) is 35.3 Å². The third kappa shape index (κ3) is 4.58. The number of thioether (sulfide) groups is 1. The van der Waals surface area contributed by atoms with E-state index in [9.17, 15) is 0 Å². The van der Waals surface area contributed by atoms with Crippen LogP contribution >= 0.6 is 27.7 Å². The predicted molar refractivity (Wildman–Crippen MR) is 72.5 cm³/mol. The van der Waals surface area contributed by atoms with Gasteiger partial charge in [0.15, 0.2) is 0 Å². The topological polar surface area (TPSA) is 12.0 Å². The summed E-state index contributed by atoms with van der Waals surface area (Å²) in [6, 6.07) is 6.51. The highest BCUT2D eigenvalue weighted by Crippen LogP contribution is 2.27. The van der Waals surface area contributed by atoms with Crippen molar-refractivity contribution in [3.8, 4) is 0 Å². The van der Waals surface area contributed by atoms with Crippen molar-refractivity contribution in [3.63, 3.8) is 0 Å². The van der Waals surface area contributed by atoms with Gasteiger partial charge in [0.2, 0.25) is 0 Å². The summed E-state index contributed by atoms with van der Waals surface area (Å²) in [5.74, 6) is 1.21. The first kappa shape index (κ1) is 13.1. The number of hydrogen-bond acceptors (Lipinski definition) is 2. The number of nitrogens with one attached hydrogen (secondary N) is 1. The Morgan fingerprint density at radius 3 is 2.87 bits per heavy atom. The molecule has 1 nitrogen and oxygen atoms in total. The molecule has 0 aliphatic carbocycles. The van der Waals surface area contributed by atoms with Crippen molar-refractivity contribution < 1.29 is 0 Å². The Morgan fingerprint density at radius 2 is 2.20 bits per heavy atom. The summed E-state index contributed by atoms with van der Waals surface area (Å²) in [7, 11) is 1.99. The summed E-state index contributed by atoms with van der Waals surface area (Å²) in [5.41, 5.74) is 1.39. The van der Waals surface area contributed by atoms with Crippen LogP contribution in [-0.4, -0.2) is 12.8 Å². The van der Waals surface area contributed by atoms with Crippen LogP contribution in [0.4, 0.5) is 0 Å². The van der Waals surface area contributed by atoms with Crippen molar-refractivity contribution in [2.45, 2.75) is 31.2 Å². The van der Waals surface area contributed by atoms with Gasteiger partial charge < -0.3 is 5.32 Å². The van der Waals surface area contributed by atoms with Crippen molar-refractivity contribution in [2.75, 3.05) is 12.8 Å². The van der Waals surface area contributed by atoms with Gasteiger partial charge in [-0.2, -0.15) is 0 Å². The first-order valence-corrected chi connectivity index (χ1v) is 7.11. The summed E-state index contributed by atoms with van der Waals surface area (Å²) in [4.78, 5) is 1.40. The number of benzene rings is 1. The molecule has 0 fully saturated rings. The van der Waals surface area contributed by atoms with Crippen molar-refractivity contribution in [2.24, 2.45) is 0 Å². The minimum Gasteiger partial charge on any atom is -0.316 e. The minimum absolute atomic E-state index is 0.946. The van der Waals surface area contributed by atoms with E-state index in [2.05, 4.69) is 46.4 Å². The number of rotatable bonds is 6.